The molecule has 2 atom stereocenters. The van der Waals surface area contributed by atoms with E-state index in [1.165, 1.54) is 33.6 Å². The second kappa shape index (κ2) is 8.28. The Bertz CT molecular complexity index is 1430. The van der Waals surface area contributed by atoms with Crippen LogP contribution in [0.2, 0.25) is 0 Å². The quantitative estimate of drug-likeness (QED) is 0.499. The number of amides is 1. The second-order valence-electron chi connectivity index (χ2n) is 8.55. The van der Waals surface area contributed by atoms with Crippen molar-refractivity contribution in [1.82, 2.24) is 14.9 Å². The molecule has 2 aromatic carbocycles. The van der Waals surface area contributed by atoms with Crippen molar-refractivity contribution in [3.63, 3.8) is 0 Å². The average Bonchev–Trinajstić information content (AvgIpc) is 3.04. The van der Waals surface area contributed by atoms with Crippen molar-refractivity contribution in [2.24, 2.45) is 0 Å². The summed E-state index contributed by atoms with van der Waals surface area (Å²) in [6.45, 7) is 0.810. The van der Waals surface area contributed by atoms with Crippen molar-refractivity contribution in [2.75, 3.05) is 18.5 Å². The number of rotatable bonds is 2. The summed E-state index contributed by atoms with van der Waals surface area (Å²) in [4.78, 5) is 27.3. The molecule has 11 heteroatoms. The lowest BCUT2D eigenvalue weighted by Gasteiger charge is -2.45. The number of thioether (sulfide) groups is 1. The summed E-state index contributed by atoms with van der Waals surface area (Å²) in [5, 5.41) is 13.4. The van der Waals surface area contributed by atoms with Gasteiger partial charge in [0.1, 0.15) is 5.75 Å². The van der Waals surface area contributed by atoms with Gasteiger partial charge in [0.2, 0.25) is 5.43 Å². The molecule has 1 saturated heterocycles. The Hall–Kier alpha value is -3.57. The van der Waals surface area contributed by atoms with Crippen LogP contribution < -0.4 is 20.9 Å². The van der Waals surface area contributed by atoms with Gasteiger partial charge < -0.3 is 14.7 Å². The highest BCUT2D eigenvalue weighted by atomic mass is 32.2. The van der Waals surface area contributed by atoms with Crippen molar-refractivity contribution in [3.8, 4) is 11.5 Å². The highest BCUT2D eigenvalue weighted by molar-refractivity contribution is 7.98. The summed E-state index contributed by atoms with van der Waals surface area (Å²) in [6, 6.07) is 9.53. The molecule has 1 aromatic heterocycles. The van der Waals surface area contributed by atoms with Crippen molar-refractivity contribution in [2.45, 2.75) is 29.5 Å². The lowest BCUT2D eigenvalue weighted by molar-refractivity contribution is 0.0117. The lowest BCUT2D eigenvalue weighted by atomic mass is 10.00. The zero-order chi connectivity index (χ0) is 24.3. The number of hydrogen-bond donors (Lipinski definition) is 3. The van der Waals surface area contributed by atoms with Crippen LogP contribution in [0.15, 0.2) is 52.3 Å². The lowest BCUT2D eigenvalue weighted by Crippen LogP contribution is -2.68. The van der Waals surface area contributed by atoms with Gasteiger partial charge in [0.25, 0.3) is 5.91 Å². The molecule has 8 nitrogen and oxygen atoms in total. The van der Waals surface area contributed by atoms with Crippen LogP contribution in [0.5, 0.6) is 11.5 Å². The zero-order valence-corrected chi connectivity index (χ0v) is 19.1. The number of aromatic nitrogens is 1. The third kappa shape index (κ3) is 3.62. The van der Waals surface area contributed by atoms with E-state index in [1.807, 2.05) is 12.1 Å². The van der Waals surface area contributed by atoms with Gasteiger partial charge in [-0.1, -0.05) is 6.07 Å². The van der Waals surface area contributed by atoms with Gasteiger partial charge >= 0.3 is 0 Å². The summed E-state index contributed by atoms with van der Waals surface area (Å²) < 4.78 is 35.6. The first-order valence-electron chi connectivity index (χ1n) is 11.0. The van der Waals surface area contributed by atoms with Crippen molar-refractivity contribution in [1.29, 1.82) is 0 Å². The Kier molecular flexibility index (Phi) is 5.19. The summed E-state index contributed by atoms with van der Waals surface area (Å²) >= 11 is 1.45. The largest absolute Gasteiger partial charge is 0.502 e. The van der Waals surface area contributed by atoms with Gasteiger partial charge in [-0.3, -0.25) is 25.0 Å². The maximum absolute atomic E-state index is 14.3. The fourth-order valence-electron chi connectivity index (χ4n) is 4.69. The third-order valence-corrected chi connectivity index (χ3v) is 7.61. The molecule has 1 amide bonds. The summed E-state index contributed by atoms with van der Waals surface area (Å²) in [5.74, 6) is -1.82. The number of pyridine rings is 1. The molecule has 4 heterocycles. The fraction of sp³-hybridized carbons (Fsp3) is 0.250. The number of nitrogens with zero attached hydrogens (tertiary/aromatic N) is 2. The van der Waals surface area contributed by atoms with Crippen LogP contribution in [0, 0.1) is 11.6 Å². The maximum Gasteiger partial charge on any atom is 0.278 e. The first-order chi connectivity index (χ1) is 16.9. The molecule has 0 aliphatic carbocycles. The van der Waals surface area contributed by atoms with Crippen molar-refractivity contribution in [3.05, 3.63) is 86.8 Å². The molecule has 0 spiro atoms. The van der Waals surface area contributed by atoms with E-state index < -0.39 is 41.1 Å². The third-order valence-electron chi connectivity index (χ3n) is 6.47. The predicted octanol–water partition coefficient (Wildman–Crippen LogP) is 2.36. The van der Waals surface area contributed by atoms with E-state index in [2.05, 4.69) is 10.7 Å². The molecule has 180 valence electrons. The van der Waals surface area contributed by atoms with Crippen molar-refractivity contribution < 1.29 is 23.4 Å². The summed E-state index contributed by atoms with van der Waals surface area (Å²) in [7, 11) is 0. The minimum Gasteiger partial charge on any atom is -0.502 e. The highest BCUT2D eigenvalue weighted by Gasteiger charge is 2.42. The van der Waals surface area contributed by atoms with Crippen LogP contribution in [-0.4, -0.2) is 46.1 Å². The number of aromatic hydroxyl groups is 1. The van der Waals surface area contributed by atoms with E-state index in [0.29, 0.717) is 36.6 Å². The Balaban J connectivity index is 1.28. The SMILES string of the molecule is O=C1c2c(O)c(=O)ccn2NC2C(Oc3ccc4c(c3)Cc3ccc(F)c(F)c3CS4)NCCN12. The molecule has 3 aromatic rings. The van der Waals surface area contributed by atoms with Crippen LogP contribution in [0.1, 0.15) is 27.2 Å². The van der Waals surface area contributed by atoms with Gasteiger partial charge in [0, 0.05) is 41.6 Å². The average molecular weight is 499 g/mol. The molecular formula is C24H20F2N4O4S. The second-order valence-corrected chi connectivity index (χ2v) is 9.56. The van der Waals surface area contributed by atoms with E-state index in [4.69, 9.17) is 4.74 Å². The molecule has 0 radical (unpaired) electrons. The van der Waals surface area contributed by atoms with Crippen LogP contribution in [-0.2, 0) is 12.2 Å². The molecule has 3 N–H and O–H groups in total. The van der Waals surface area contributed by atoms with Crippen LogP contribution in [0.4, 0.5) is 8.78 Å². The number of benzene rings is 2. The van der Waals surface area contributed by atoms with Crippen LogP contribution >= 0.6 is 11.8 Å². The van der Waals surface area contributed by atoms with Gasteiger partial charge in [-0.15, -0.1) is 11.8 Å². The molecule has 3 aliphatic rings. The molecule has 35 heavy (non-hydrogen) atoms. The van der Waals surface area contributed by atoms with Crippen LogP contribution in [0.3, 0.4) is 0 Å². The van der Waals surface area contributed by atoms with Crippen molar-refractivity contribution >= 4 is 17.7 Å². The number of halogens is 2. The number of nitrogens with one attached hydrogen (secondary N) is 2. The minimum atomic E-state index is -0.846. The Morgan fingerprint density at radius 3 is 2.83 bits per heavy atom. The van der Waals surface area contributed by atoms with E-state index in [9.17, 15) is 23.5 Å². The number of hydrogen-bond acceptors (Lipinski definition) is 7. The fourth-order valence-corrected chi connectivity index (χ4v) is 5.79. The highest BCUT2D eigenvalue weighted by Crippen LogP contribution is 2.37. The van der Waals surface area contributed by atoms with E-state index in [0.717, 1.165) is 22.1 Å². The molecule has 2 unspecified atom stereocenters. The van der Waals surface area contributed by atoms with Gasteiger partial charge in [0.05, 0.1) is 0 Å². The Morgan fingerprint density at radius 2 is 1.97 bits per heavy atom. The van der Waals surface area contributed by atoms with Gasteiger partial charge in [-0.25, -0.2) is 8.78 Å². The molecule has 6 rings (SSSR count). The maximum atomic E-state index is 14.3. The molecule has 0 saturated carbocycles. The molecule has 1 fully saturated rings. The normalized spacial score (nSPS) is 20.6. The van der Waals surface area contributed by atoms with Gasteiger partial charge in [-0.05, 0) is 41.8 Å². The summed E-state index contributed by atoms with van der Waals surface area (Å²) in [5.41, 5.74) is 4.43. The zero-order valence-electron chi connectivity index (χ0n) is 18.3. The van der Waals surface area contributed by atoms with E-state index >= 15 is 0 Å². The van der Waals surface area contributed by atoms with E-state index in [-0.39, 0.29) is 5.69 Å². The first kappa shape index (κ1) is 21.9. The molecular weight excluding hydrogens is 478 g/mol. The number of carbonyl (C=O) groups is 1. The van der Waals surface area contributed by atoms with Gasteiger partial charge in [0.15, 0.2) is 35.5 Å². The Labute approximate surface area is 202 Å². The summed E-state index contributed by atoms with van der Waals surface area (Å²) in [6.07, 6.45) is 0.614. The van der Waals surface area contributed by atoms with Gasteiger partial charge in [-0.2, -0.15) is 0 Å². The topological polar surface area (TPSA) is 95.8 Å². The number of fused-ring (bicyclic) bond motifs is 4. The molecule has 3 aliphatic heterocycles. The first-order valence-corrected chi connectivity index (χ1v) is 12.0. The minimum absolute atomic E-state index is 0.112. The van der Waals surface area contributed by atoms with E-state index in [1.54, 1.807) is 12.1 Å². The smallest absolute Gasteiger partial charge is 0.278 e. The monoisotopic (exact) mass is 498 g/mol. The predicted molar refractivity (Wildman–Crippen MR) is 124 cm³/mol. The standard InChI is InChI=1S/C24H20F2N4O4S/c25-16-3-1-12-9-13-10-14(2-4-18(13)35-11-15(12)19(16)26)34-23-22-28-30-7-5-17(31)21(32)20(30)24(33)29(22)8-6-27-23/h1-5,7,10,22-23,27-28,32H,6,8-9,11H2. The van der Waals surface area contributed by atoms with Crippen LogP contribution in [0.25, 0.3) is 0 Å². The number of carbonyl (C=O) groups excluding carboxylic acids is 1. The number of piperazine rings is 1. The Morgan fingerprint density at radius 1 is 1.11 bits per heavy atom. The molecule has 0 bridgehead atoms. The number of ether oxygens (including phenoxy) is 1.